The summed E-state index contributed by atoms with van der Waals surface area (Å²) in [6.07, 6.45) is 0. The second kappa shape index (κ2) is 12.8. The summed E-state index contributed by atoms with van der Waals surface area (Å²) in [6, 6.07) is 0. The van der Waals surface area contributed by atoms with E-state index < -0.39 is 18.2 Å². The standard InChI is InChI=1S/4H3N.H3O4P.H2O4S/c;;;;2*1-5(2,3)4/h4*1H3;(H3,1,2,3,4);(H2,1,2,3,4). The van der Waals surface area contributed by atoms with Crippen molar-refractivity contribution >= 4 is 18.2 Å². The molecule has 17 N–H and O–H groups in total. The molecule has 0 spiro atoms. The van der Waals surface area contributed by atoms with Crippen molar-refractivity contribution in [2.24, 2.45) is 0 Å². The molecule has 0 rings (SSSR count). The third-order valence-electron chi connectivity index (χ3n) is 0. The van der Waals surface area contributed by atoms with Gasteiger partial charge in [-0.1, -0.05) is 0 Å². The molecule has 0 aromatic rings. The van der Waals surface area contributed by atoms with Gasteiger partial charge in [-0.25, -0.2) is 4.57 Å². The fourth-order valence-corrected chi connectivity index (χ4v) is 0. The number of hydrogen-bond acceptors (Lipinski definition) is 7. The Morgan fingerprint density at radius 3 is 0.786 bits per heavy atom. The Balaban J connectivity index is -0.0000000178. The van der Waals surface area contributed by atoms with E-state index in [0.29, 0.717) is 0 Å². The summed E-state index contributed by atoms with van der Waals surface area (Å²) in [6.45, 7) is 0. The lowest BCUT2D eigenvalue weighted by molar-refractivity contribution is 0.275. The first kappa shape index (κ1) is 37.1. The zero-order valence-corrected chi connectivity index (χ0v) is 8.86. The van der Waals surface area contributed by atoms with Gasteiger partial charge in [-0.05, 0) is 0 Å². The molecule has 0 bridgehead atoms. The lowest BCUT2D eigenvalue weighted by Crippen LogP contribution is -1.89. The van der Waals surface area contributed by atoms with E-state index in [1.54, 1.807) is 0 Å². The minimum absolute atomic E-state index is 0. The van der Waals surface area contributed by atoms with Crippen LogP contribution in [0.1, 0.15) is 0 Å². The van der Waals surface area contributed by atoms with Crippen molar-refractivity contribution in [1.29, 1.82) is 0 Å². The van der Waals surface area contributed by atoms with E-state index in [2.05, 4.69) is 0 Å². The van der Waals surface area contributed by atoms with Gasteiger partial charge in [0.2, 0.25) is 0 Å². The van der Waals surface area contributed by atoms with Crippen LogP contribution in [0.4, 0.5) is 0 Å². The lowest BCUT2D eigenvalue weighted by Gasteiger charge is -1.82. The van der Waals surface area contributed by atoms with Crippen LogP contribution in [0, 0.1) is 0 Å². The van der Waals surface area contributed by atoms with Crippen molar-refractivity contribution in [2.75, 3.05) is 0 Å². The van der Waals surface area contributed by atoms with Gasteiger partial charge in [0.1, 0.15) is 0 Å². The summed E-state index contributed by atoms with van der Waals surface area (Å²) < 4.78 is 40.5. The zero-order chi connectivity index (χ0) is 9.00. The molecule has 0 fully saturated rings. The zero-order valence-electron chi connectivity index (χ0n) is 7.14. The summed E-state index contributed by atoms with van der Waals surface area (Å²) in [5.74, 6) is 0. The van der Waals surface area contributed by atoms with Crippen LogP contribution in [-0.2, 0) is 15.0 Å². The first-order chi connectivity index (χ1) is 4.00. The predicted molar refractivity (Wildman–Crippen MR) is 48.5 cm³/mol. The highest BCUT2D eigenvalue weighted by Gasteiger charge is 2.00. The second-order valence-corrected chi connectivity index (χ2v) is 2.88. The van der Waals surface area contributed by atoms with E-state index >= 15 is 0 Å². The molecule has 0 aromatic carbocycles. The highest BCUT2D eigenvalue weighted by Crippen LogP contribution is 2.25. The van der Waals surface area contributed by atoms with Crippen LogP contribution in [0.2, 0.25) is 0 Å². The molecule has 0 radical (unpaired) electrons. The summed E-state index contributed by atoms with van der Waals surface area (Å²) in [5.41, 5.74) is 0. The number of hydrogen-bond donors (Lipinski definition) is 9. The van der Waals surface area contributed by atoms with Crippen molar-refractivity contribution in [2.45, 2.75) is 0 Å². The molecule has 0 aliphatic heterocycles. The largest absolute Gasteiger partial charge is 0.466 e. The Bertz CT molecular complexity index is 199. The van der Waals surface area contributed by atoms with Gasteiger partial charge in [-0.15, -0.1) is 0 Å². The maximum Gasteiger partial charge on any atom is 0.466 e. The minimum atomic E-state index is -4.67. The van der Waals surface area contributed by atoms with Gasteiger partial charge in [-0.2, -0.15) is 8.42 Å². The molecule has 12 nitrogen and oxygen atoms in total. The summed E-state index contributed by atoms with van der Waals surface area (Å²) >= 11 is 0. The maximum atomic E-state index is 8.88. The molecular formula is H17N4O8PS. The molecule has 14 heavy (non-hydrogen) atoms. The average Bonchev–Trinajstić information content (AvgIpc) is 1.12. The van der Waals surface area contributed by atoms with Gasteiger partial charge in [-0.3, -0.25) is 9.11 Å². The van der Waals surface area contributed by atoms with Crippen molar-refractivity contribution < 1.29 is 36.8 Å². The van der Waals surface area contributed by atoms with E-state index in [4.69, 9.17) is 36.8 Å². The fourth-order valence-electron chi connectivity index (χ4n) is 0. The maximum absolute atomic E-state index is 8.88. The molecule has 0 atom stereocenters. The summed E-state index contributed by atoms with van der Waals surface area (Å²) in [5, 5.41) is 0. The smallest absolute Gasteiger partial charge is 0.344 e. The third-order valence-corrected chi connectivity index (χ3v) is 0. The molecule has 0 unspecified atom stereocenters. The molecule has 0 saturated heterocycles. The van der Waals surface area contributed by atoms with Crippen LogP contribution >= 0.6 is 7.82 Å². The third kappa shape index (κ3) is 42700. The van der Waals surface area contributed by atoms with E-state index in [-0.39, 0.29) is 24.6 Å². The Kier molecular flexibility index (Phi) is 34.0. The Morgan fingerprint density at radius 1 is 0.786 bits per heavy atom. The minimum Gasteiger partial charge on any atom is -0.344 e. The second-order valence-electron chi connectivity index (χ2n) is 0.961. The van der Waals surface area contributed by atoms with Gasteiger partial charge >= 0.3 is 18.2 Å². The van der Waals surface area contributed by atoms with E-state index in [1.807, 2.05) is 0 Å². The SMILES string of the molecule is N.N.N.N.O=P(O)(O)O.O=S(=O)(O)O. The van der Waals surface area contributed by atoms with Gasteiger partial charge in [0.15, 0.2) is 0 Å². The molecule has 0 aromatic heterocycles. The van der Waals surface area contributed by atoms with Crippen LogP contribution in [0.5, 0.6) is 0 Å². The first-order valence-corrected chi connectivity index (χ1v) is 4.44. The van der Waals surface area contributed by atoms with Crippen LogP contribution < -0.4 is 24.6 Å². The topological polar surface area (TPSA) is 292 Å². The molecule has 14 heteroatoms. The molecule has 0 saturated carbocycles. The quantitative estimate of drug-likeness (QED) is 0.189. The number of rotatable bonds is 0. The van der Waals surface area contributed by atoms with E-state index in [9.17, 15) is 0 Å². The monoisotopic (exact) mass is 264 g/mol. The molecule has 0 amide bonds. The van der Waals surface area contributed by atoms with E-state index in [1.165, 1.54) is 0 Å². The fraction of sp³-hybridized carbons (Fsp3) is 0. The van der Waals surface area contributed by atoms with Crippen LogP contribution in [0.3, 0.4) is 0 Å². The van der Waals surface area contributed by atoms with Gasteiger partial charge < -0.3 is 39.3 Å². The Hall–Kier alpha value is -0.180. The van der Waals surface area contributed by atoms with Crippen molar-refractivity contribution in [3.8, 4) is 0 Å². The van der Waals surface area contributed by atoms with Crippen molar-refractivity contribution in [3.05, 3.63) is 0 Å². The number of phosphoric acid groups is 1. The van der Waals surface area contributed by atoms with Crippen LogP contribution in [0.15, 0.2) is 0 Å². The molecule has 0 heterocycles. The summed E-state index contributed by atoms with van der Waals surface area (Å²) in [4.78, 5) is 21.6. The predicted octanol–water partition coefficient (Wildman–Crippen LogP) is -0.933. The Morgan fingerprint density at radius 2 is 0.786 bits per heavy atom. The molecular weight excluding hydrogens is 247 g/mol. The highest BCUT2D eigenvalue weighted by molar-refractivity contribution is 7.79. The first-order valence-electron chi connectivity index (χ1n) is 1.48. The Labute approximate surface area is 80.5 Å². The lowest BCUT2D eigenvalue weighted by atomic mass is 14.0. The highest BCUT2D eigenvalue weighted by atomic mass is 32.3. The molecule has 0 aliphatic carbocycles. The normalized spacial score (nSPS) is 8.36. The molecule has 0 aliphatic rings. The van der Waals surface area contributed by atoms with Gasteiger partial charge in [0, 0.05) is 0 Å². The van der Waals surface area contributed by atoms with Crippen LogP contribution in [-0.4, -0.2) is 32.2 Å². The van der Waals surface area contributed by atoms with Gasteiger partial charge in [0.25, 0.3) is 0 Å². The average molecular weight is 264 g/mol. The summed E-state index contributed by atoms with van der Waals surface area (Å²) in [7, 11) is -9.31. The molecule has 96 valence electrons. The van der Waals surface area contributed by atoms with Crippen molar-refractivity contribution in [1.82, 2.24) is 24.6 Å². The van der Waals surface area contributed by atoms with Gasteiger partial charge in [0.05, 0.1) is 0 Å². The van der Waals surface area contributed by atoms with Crippen LogP contribution in [0.25, 0.3) is 0 Å². The van der Waals surface area contributed by atoms with Crippen molar-refractivity contribution in [3.63, 3.8) is 0 Å². The van der Waals surface area contributed by atoms with E-state index in [0.717, 1.165) is 0 Å².